The number of nitrogens with one attached hydrogen (secondary N) is 1. The maximum Gasteiger partial charge on any atom is 0.433 e. The summed E-state index contributed by atoms with van der Waals surface area (Å²) in [6, 6.07) is 5.72. The SMILES string of the molecule is COc1ccc(Nc2nc(N(C)C)cc(C(F)(F)F)n2)cc1OC. The molecule has 24 heavy (non-hydrogen) atoms. The number of benzene rings is 1. The normalized spacial score (nSPS) is 11.1. The first-order valence-electron chi connectivity index (χ1n) is 6.87. The van der Waals surface area contributed by atoms with Crippen LogP contribution in [0.2, 0.25) is 0 Å². The topological polar surface area (TPSA) is 59.5 Å². The van der Waals surface area contributed by atoms with Crippen LogP contribution in [0.25, 0.3) is 0 Å². The summed E-state index contributed by atoms with van der Waals surface area (Å²) in [6.07, 6.45) is -4.57. The standard InChI is InChI=1S/C15H17F3N4O2/c1-22(2)13-8-12(15(16,17)18)20-14(21-13)19-9-5-6-10(23-3)11(7-9)24-4/h5-8H,1-4H3,(H,19,20,21). The first-order valence-corrected chi connectivity index (χ1v) is 6.87. The van der Waals surface area contributed by atoms with Crippen molar-refractivity contribution in [1.82, 2.24) is 9.97 Å². The van der Waals surface area contributed by atoms with E-state index >= 15 is 0 Å². The van der Waals surface area contributed by atoms with Crippen molar-refractivity contribution in [3.63, 3.8) is 0 Å². The van der Waals surface area contributed by atoms with E-state index in [9.17, 15) is 13.2 Å². The molecule has 0 aliphatic rings. The lowest BCUT2D eigenvalue weighted by atomic mass is 10.2. The Morgan fingerprint density at radius 3 is 2.21 bits per heavy atom. The van der Waals surface area contributed by atoms with E-state index in [1.807, 2.05) is 0 Å². The Morgan fingerprint density at radius 1 is 1.00 bits per heavy atom. The van der Waals surface area contributed by atoms with E-state index in [2.05, 4.69) is 15.3 Å². The number of aromatic nitrogens is 2. The van der Waals surface area contributed by atoms with Crippen molar-refractivity contribution < 1.29 is 22.6 Å². The third-order valence-electron chi connectivity index (χ3n) is 3.10. The molecule has 0 bridgehead atoms. The first kappa shape index (κ1) is 17.6. The van der Waals surface area contributed by atoms with Crippen molar-refractivity contribution in [2.75, 3.05) is 38.5 Å². The molecule has 0 spiro atoms. The number of ether oxygens (including phenoxy) is 2. The lowest BCUT2D eigenvalue weighted by Crippen LogP contribution is -2.16. The molecule has 0 atom stereocenters. The van der Waals surface area contributed by atoms with Crippen LogP contribution in [0.3, 0.4) is 0 Å². The Bertz CT molecular complexity index is 720. The van der Waals surface area contributed by atoms with Crippen LogP contribution in [0.1, 0.15) is 5.69 Å². The van der Waals surface area contributed by atoms with Crippen molar-refractivity contribution >= 4 is 17.5 Å². The molecule has 6 nitrogen and oxygen atoms in total. The Balaban J connectivity index is 2.40. The molecular formula is C15H17F3N4O2. The molecule has 1 aromatic carbocycles. The van der Waals surface area contributed by atoms with Gasteiger partial charge in [0.1, 0.15) is 5.82 Å². The van der Waals surface area contributed by atoms with Gasteiger partial charge in [-0.2, -0.15) is 18.2 Å². The van der Waals surface area contributed by atoms with E-state index < -0.39 is 11.9 Å². The molecule has 9 heteroatoms. The van der Waals surface area contributed by atoms with Crippen LogP contribution < -0.4 is 19.7 Å². The van der Waals surface area contributed by atoms with E-state index in [1.54, 1.807) is 32.3 Å². The van der Waals surface area contributed by atoms with Gasteiger partial charge in [-0.15, -0.1) is 0 Å². The van der Waals surface area contributed by atoms with Gasteiger partial charge >= 0.3 is 6.18 Å². The van der Waals surface area contributed by atoms with Gasteiger partial charge in [0.25, 0.3) is 0 Å². The smallest absolute Gasteiger partial charge is 0.433 e. The zero-order chi connectivity index (χ0) is 17.9. The fourth-order valence-electron chi connectivity index (χ4n) is 1.91. The highest BCUT2D eigenvalue weighted by Gasteiger charge is 2.34. The second kappa shape index (κ2) is 6.81. The zero-order valence-corrected chi connectivity index (χ0v) is 13.6. The monoisotopic (exact) mass is 342 g/mol. The average molecular weight is 342 g/mol. The summed E-state index contributed by atoms with van der Waals surface area (Å²) in [4.78, 5) is 9.07. The summed E-state index contributed by atoms with van der Waals surface area (Å²) >= 11 is 0. The minimum Gasteiger partial charge on any atom is -0.493 e. The quantitative estimate of drug-likeness (QED) is 0.899. The summed E-state index contributed by atoms with van der Waals surface area (Å²) < 4.78 is 49.3. The highest BCUT2D eigenvalue weighted by atomic mass is 19.4. The maximum absolute atomic E-state index is 13.0. The summed E-state index contributed by atoms with van der Waals surface area (Å²) in [6.45, 7) is 0. The van der Waals surface area contributed by atoms with Crippen molar-refractivity contribution in [3.8, 4) is 11.5 Å². The summed E-state index contributed by atoms with van der Waals surface area (Å²) in [5.74, 6) is 0.908. The third-order valence-corrected chi connectivity index (χ3v) is 3.10. The Hall–Kier alpha value is -2.71. The lowest BCUT2D eigenvalue weighted by Gasteiger charge is -2.16. The molecule has 0 aliphatic heterocycles. The highest BCUT2D eigenvalue weighted by Crippen LogP contribution is 2.33. The van der Waals surface area contributed by atoms with Gasteiger partial charge in [-0.25, -0.2) is 4.98 Å². The van der Waals surface area contributed by atoms with Crippen LogP contribution in [0.4, 0.5) is 30.6 Å². The van der Waals surface area contributed by atoms with E-state index in [0.29, 0.717) is 17.2 Å². The van der Waals surface area contributed by atoms with E-state index in [4.69, 9.17) is 9.47 Å². The summed E-state index contributed by atoms with van der Waals surface area (Å²) in [5.41, 5.74) is -0.555. The second-order valence-electron chi connectivity index (χ2n) is 5.02. The zero-order valence-electron chi connectivity index (χ0n) is 13.6. The second-order valence-corrected chi connectivity index (χ2v) is 5.02. The average Bonchev–Trinajstić information content (AvgIpc) is 2.53. The van der Waals surface area contributed by atoms with E-state index in [0.717, 1.165) is 6.07 Å². The van der Waals surface area contributed by atoms with Crippen molar-refractivity contribution in [2.45, 2.75) is 6.18 Å². The highest BCUT2D eigenvalue weighted by molar-refractivity contribution is 5.61. The number of rotatable bonds is 5. The van der Waals surface area contributed by atoms with Gasteiger partial charge in [-0.1, -0.05) is 0 Å². The van der Waals surface area contributed by atoms with Crippen LogP contribution in [0.15, 0.2) is 24.3 Å². The molecule has 0 radical (unpaired) electrons. The number of methoxy groups -OCH3 is 2. The first-order chi connectivity index (χ1) is 11.2. The predicted octanol–water partition coefficient (Wildman–Crippen LogP) is 3.32. The number of halogens is 3. The van der Waals surface area contributed by atoms with Gasteiger partial charge in [-0.05, 0) is 12.1 Å². The van der Waals surface area contributed by atoms with Gasteiger partial charge < -0.3 is 19.7 Å². The molecule has 0 amide bonds. The number of anilines is 3. The van der Waals surface area contributed by atoms with Gasteiger partial charge in [-0.3, -0.25) is 0 Å². The van der Waals surface area contributed by atoms with Gasteiger partial charge in [0, 0.05) is 31.9 Å². The third kappa shape index (κ3) is 3.98. The molecule has 0 unspecified atom stereocenters. The Labute approximate surface area is 137 Å². The molecule has 0 saturated carbocycles. The molecule has 0 aliphatic carbocycles. The summed E-state index contributed by atoms with van der Waals surface area (Å²) in [7, 11) is 6.15. The molecule has 1 N–H and O–H groups in total. The molecule has 2 rings (SSSR count). The fraction of sp³-hybridized carbons (Fsp3) is 0.333. The largest absolute Gasteiger partial charge is 0.493 e. The van der Waals surface area contributed by atoms with Crippen molar-refractivity contribution in [1.29, 1.82) is 0 Å². The number of hydrogen-bond acceptors (Lipinski definition) is 6. The minimum atomic E-state index is -4.57. The van der Waals surface area contributed by atoms with E-state index in [1.165, 1.54) is 19.1 Å². The van der Waals surface area contributed by atoms with E-state index in [-0.39, 0.29) is 11.8 Å². The van der Waals surface area contributed by atoms with Crippen LogP contribution in [0.5, 0.6) is 11.5 Å². The minimum absolute atomic E-state index is 0.139. The van der Waals surface area contributed by atoms with Gasteiger partial charge in [0.2, 0.25) is 5.95 Å². The molecule has 1 aromatic heterocycles. The Morgan fingerprint density at radius 2 is 1.67 bits per heavy atom. The molecule has 2 aromatic rings. The van der Waals surface area contributed by atoms with Crippen LogP contribution >= 0.6 is 0 Å². The molecular weight excluding hydrogens is 325 g/mol. The molecule has 1 heterocycles. The maximum atomic E-state index is 13.0. The van der Waals surface area contributed by atoms with Crippen molar-refractivity contribution in [2.24, 2.45) is 0 Å². The van der Waals surface area contributed by atoms with Crippen LogP contribution in [0, 0.1) is 0 Å². The molecule has 130 valence electrons. The number of alkyl halides is 3. The number of hydrogen-bond donors (Lipinski definition) is 1. The lowest BCUT2D eigenvalue weighted by molar-refractivity contribution is -0.141. The summed E-state index contributed by atoms with van der Waals surface area (Å²) in [5, 5.41) is 2.75. The number of nitrogens with zero attached hydrogens (tertiary/aromatic N) is 3. The van der Waals surface area contributed by atoms with Crippen molar-refractivity contribution in [3.05, 3.63) is 30.0 Å². The Kier molecular flexibility index (Phi) is 5.01. The van der Waals surface area contributed by atoms with Gasteiger partial charge in [0.15, 0.2) is 17.2 Å². The fourth-order valence-corrected chi connectivity index (χ4v) is 1.91. The molecule has 0 saturated heterocycles. The van der Waals surface area contributed by atoms with Crippen LogP contribution in [-0.4, -0.2) is 38.3 Å². The van der Waals surface area contributed by atoms with Gasteiger partial charge in [0.05, 0.1) is 14.2 Å². The van der Waals surface area contributed by atoms with Crippen LogP contribution in [-0.2, 0) is 6.18 Å². The molecule has 0 fully saturated rings. The predicted molar refractivity (Wildman–Crippen MR) is 84.2 cm³/mol.